The van der Waals surface area contributed by atoms with Crippen molar-refractivity contribution in [3.05, 3.63) is 30.0 Å². The van der Waals surface area contributed by atoms with Crippen molar-refractivity contribution in [3.63, 3.8) is 0 Å². The normalized spacial score (nSPS) is 11.0. The minimum Gasteiger partial charge on any atom is -0.394 e. The minimum atomic E-state index is 0.266. The zero-order valence-corrected chi connectivity index (χ0v) is 12.6. The summed E-state index contributed by atoms with van der Waals surface area (Å²) in [5.41, 5.74) is 8.71. The van der Waals surface area contributed by atoms with E-state index in [4.69, 9.17) is 5.73 Å². The summed E-state index contributed by atoms with van der Waals surface area (Å²) < 4.78 is 1.93. The molecule has 102 valence electrons. The van der Waals surface area contributed by atoms with Crippen LogP contribution in [0.1, 0.15) is 25.6 Å². The molecule has 5 heteroatoms. The molecule has 0 amide bonds. The van der Waals surface area contributed by atoms with E-state index in [1.807, 2.05) is 23.7 Å². The quantitative estimate of drug-likeness (QED) is 0.834. The first-order valence-electron chi connectivity index (χ1n) is 6.28. The van der Waals surface area contributed by atoms with Crippen molar-refractivity contribution in [3.8, 4) is 0 Å². The van der Waals surface area contributed by atoms with Gasteiger partial charge in [0.25, 0.3) is 0 Å². The fourth-order valence-corrected chi connectivity index (χ4v) is 2.36. The molecule has 2 aromatic rings. The van der Waals surface area contributed by atoms with Gasteiger partial charge in [-0.05, 0) is 45.2 Å². The van der Waals surface area contributed by atoms with E-state index in [1.54, 1.807) is 11.8 Å². The van der Waals surface area contributed by atoms with Crippen LogP contribution in [-0.2, 0) is 0 Å². The maximum atomic E-state index is 6.11. The molecule has 0 radical (unpaired) electrons. The standard InChI is InChI=1S/C14H20N4S/c1-9(2)18-14(13(15)10(3)17-18)16-11-6-5-7-12(8-11)19-4/h5-9,16H,15H2,1-4H3. The Morgan fingerprint density at radius 1 is 1.37 bits per heavy atom. The van der Waals surface area contributed by atoms with Crippen LogP contribution in [0.25, 0.3) is 0 Å². The molecule has 0 atom stereocenters. The van der Waals surface area contributed by atoms with Crippen molar-refractivity contribution in [1.82, 2.24) is 9.78 Å². The highest BCUT2D eigenvalue weighted by molar-refractivity contribution is 7.98. The van der Waals surface area contributed by atoms with E-state index in [9.17, 15) is 0 Å². The second-order valence-corrected chi connectivity index (χ2v) is 5.62. The summed E-state index contributed by atoms with van der Waals surface area (Å²) in [6.45, 7) is 6.11. The molecular weight excluding hydrogens is 256 g/mol. The van der Waals surface area contributed by atoms with E-state index in [-0.39, 0.29) is 6.04 Å². The Labute approximate surface area is 118 Å². The predicted molar refractivity (Wildman–Crippen MR) is 83.3 cm³/mol. The van der Waals surface area contributed by atoms with Crippen LogP contribution in [0.5, 0.6) is 0 Å². The van der Waals surface area contributed by atoms with Gasteiger partial charge in [-0.3, -0.25) is 0 Å². The fraction of sp³-hybridized carbons (Fsp3) is 0.357. The van der Waals surface area contributed by atoms with Gasteiger partial charge in [-0.1, -0.05) is 6.07 Å². The summed E-state index contributed by atoms with van der Waals surface area (Å²) in [5, 5.41) is 7.85. The van der Waals surface area contributed by atoms with Crippen molar-refractivity contribution in [2.24, 2.45) is 0 Å². The third-order valence-corrected chi connectivity index (χ3v) is 3.68. The molecule has 2 rings (SSSR count). The molecule has 3 N–H and O–H groups in total. The first-order valence-corrected chi connectivity index (χ1v) is 7.51. The number of nitrogens with zero attached hydrogens (tertiary/aromatic N) is 2. The summed E-state index contributed by atoms with van der Waals surface area (Å²) in [7, 11) is 0. The third-order valence-electron chi connectivity index (χ3n) is 2.95. The molecule has 0 unspecified atom stereocenters. The largest absolute Gasteiger partial charge is 0.394 e. The molecule has 4 nitrogen and oxygen atoms in total. The number of nitrogen functional groups attached to an aromatic ring is 1. The molecule has 0 spiro atoms. The lowest BCUT2D eigenvalue weighted by Crippen LogP contribution is -2.08. The van der Waals surface area contributed by atoms with Gasteiger partial charge < -0.3 is 11.1 Å². The SMILES string of the molecule is CSc1cccc(Nc2c(N)c(C)nn2C(C)C)c1. The van der Waals surface area contributed by atoms with Gasteiger partial charge >= 0.3 is 0 Å². The van der Waals surface area contributed by atoms with Crippen LogP contribution in [0.15, 0.2) is 29.2 Å². The van der Waals surface area contributed by atoms with Gasteiger partial charge in [0, 0.05) is 16.6 Å². The number of thioether (sulfide) groups is 1. The molecule has 0 fully saturated rings. The topological polar surface area (TPSA) is 55.9 Å². The summed E-state index contributed by atoms with van der Waals surface area (Å²) in [4.78, 5) is 1.22. The summed E-state index contributed by atoms with van der Waals surface area (Å²) in [5.74, 6) is 0.866. The molecule has 1 aromatic heterocycles. The number of benzene rings is 1. The van der Waals surface area contributed by atoms with Gasteiger partial charge in [0.2, 0.25) is 0 Å². The zero-order chi connectivity index (χ0) is 14.0. The van der Waals surface area contributed by atoms with Crippen LogP contribution < -0.4 is 11.1 Å². The van der Waals surface area contributed by atoms with Crippen molar-refractivity contribution in [2.75, 3.05) is 17.3 Å². The average Bonchev–Trinajstić information content (AvgIpc) is 2.67. The number of anilines is 3. The van der Waals surface area contributed by atoms with E-state index in [2.05, 4.69) is 42.7 Å². The van der Waals surface area contributed by atoms with Crippen molar-refractivity contribution >= 4 is 29.0 Å². The third kappa shape index (κ3) is 2.87. The molecule has 0 bridgehead atoms. The Hall–Kier alpha value is -1.62. The van der Waals surface area contributed by atoms with Crippen LogP contribution in [0.3, 0.4) is 0 Å². The van der Waals surface area contributed by atoms with Crippen LogP contribution in [-0.4, -0.2) is 16.0 Å². The number of nitrogens with two attached hydrogens (primary N) is 1. The van der Waals surface area contributed by atoms with Gasteiger partial charge in [0.15, 0.2) is 5.82 Å². The molecular formula is C14H20N4S. The minimum absolute atomic E-state index is 0.266. The summed E-state index contributed by atoms with van der Waals surface area (Å²) >= 11 is 1.72. The van der Waals surface area contributed by atoms with Gasteiger partial charge in [0.1, 0.15) is 0 Å². The molecule has 0 aliphatic carbocycles. The van der Waals surface area contributed by atoms with Crippen molar-refractivity contribution < 1.29 is 0 Å². The first kappa shape index (κ1) is 13.8. The Morgan fingerprint density at radius 3 is 2.74 bits per heavy atom. The average molecular weight is 276 g/mol. The molecule has 0 aliphatic rings. The maximum absolute atomic E-state index is 6.11. The summed E-state index contributed by atoms with van der Waals surface area (Å²) in [6.07, 6.45) is 2.07. The van der Waals surface area contributed by atoms with Crippen LogP contribution >= 0.6 is 11.8 Å². The van der Waals surface area contributed by atoms with E-state index >= 15 is 0 Å². The van der Waals surface area contributed by atoms with Gasteiger partial charge in [-0.2, -0.15) is 5.10 Å². The van der Waals surface area contributed by atoms with Gasteiger partial charge in [0.05, 0.1) is 11.4 Å². The Balaban J connectivity index is 2.37. The zero-order valence-electron chi connectivity index (χ0n) is 11.8. The Kier molecular flexibility index (Phi) is 4.04. The second-order valence-electron chi connectivity index (χ2n) is 4.74. The van der Waals surface area contributed by atoms with Crippen LogP contribution in [0.2, 0.25) is 0 Å². The molecule has 19 heavy (non-hydrogen) atoms. The van der Waals surface area contributed by atoms with E-state index in [0.717, 1.165) is 17.2 Å². The number of aryl methyl sites for hydroxylation is 1. The lowest BCUT2D eigenvalue weighted by molar-refractivity contribution is 0.536. The van der Waals surface area contributed by atoms with E-state index in [1.165, 1.54) is 4.90 Å². The maximum Gasteiger partial charge on any atom is 0.152 e. The highest BCUT2D eigenvalue weighted by atomic mass is 32.2. The fourth-order valence-electron chi connectivity index (χ4n) is 1.90. The number of rotatable bonds is 4. The number of hydrogen-bond acceptors (Lipinski definition) is 4. The van der Waals surface area contributed by atoms with Crippen LogP contribution in [0.4, 0.5) is 17.2 Å². The number of hydrogen-bond donors (Lipinski definition) is 2. The van der Waals surface area contributed by atoms with E-state index < -0.39 is 0 Å². The molecule has 0 aliphatic heterocycles. The number of aromatic nitrogens is 2. The summed E-state index contributed by atoms with van der Waals surface area (Å²) in [6, 6.07) is 8.53. The first-order chi connectivity index (χ1) is 9.02. The Bertz CT molecular complexity index is 575. The second kappa shape index (κ2) is 5.57. The molecule has 0 saturated heterocycles. The molecule has 0 saturated carbocycles. The highest BCUT2D eigenvalue weighted by Crippen LogP contribution is 2.29. The molecule has 1 heterocycles. The lowest BCUT2D eigenvalue weighted by Gasteiger charge is -2.13. The molecule has 1 aromatic carbocycles. The number of nitrogens with one attached hydrogen (secondary N) is 1. The van der Waals surface area contributed by atoms with Gasteiger partial charge in [-0.15, -0.1) is 11.8 Å². The van der Waals surface area contributed by atoms with Crippen molar-refractivity contribution in [2.45, 2.75) is 31.7 Å². The smallest absolute Gasteiger partial charge is 0.152 e. The van der Waals surface area contributed by atoms with Crippen molar-refractivity contribution in [1.29, 1.82) is 0 Å². The lowest BCUT2D eigenvalue weighted by atomic mass is 10.3. The van der Waals surface area contributed by atoms with E-state index in [0.29, 0.717) is 5.69 Å². The highest BCUT2D eigenvalue weighted by Gasteiger charge is 2.14. The van der Waals surface area contributed by atoms with Gasteiger partial charge in [-0.25, -0.2) is 4.68 Å². The Morgan fingerprint density at radius 2 is 2.11 bits per heavy atom. The van der Waals surface area contributed by atoms with Crippen LogP contribution in [0, 0.1) is 6.92 Å². The monoisotopic (exact) mass is 276 g/mol. The predicted octanol–water partition coefficient (Wildman–Crippen LogP) is 3.82.